The Hall–Kier alpha value is -1.26. The molecule has 1 aromatic rings. The molecule has 0 N–H and O–H groups in total. The van der Waals surface area contributed by atoms with Gasteiger partial charge in [0.15, 0.2) is 0 Å². The lowest BCUT2D eigenvalue weighted by molar-refractivity contribution is 0.0416. The maximum Gasteiger partial charge on any atom is 0.338 e. The minimum absolute atomic E-state index is 0. The first-order valence-corrected chi connectivity index (χ1v) is 5.52. The summed E-state index contributed by atoms with van der Waals surface area (Å²) in [5.41, 5.74) is 0.510. The van der Waals surface area contributed by atoms with Gasteiger partial charge in [0, 0.05) is 6.04 Å². The summed E-state index contributed by atoms with van der Waals surface area (Å²) >= 11 is 0. The normalized spacial score (nSPS) is 11.6. The molecule has 0 heterocycles. The highest BCUT2D eigenvalue weighted by Gasteiger charge is 2.11. The molecule has 0 amide bonds. The molecule has 0 saturated heterocycles. The van der Waals surface area contributed by atoms with Gasteiger partial charge < -0.3 is 14.4 Å². The molecule has 0 saturated carbocycles. The van der Waals surface area contributed by atoms with E-state index in [-0.39, 0.29) is 24.4 Å². The van der Waals surface area contributed by atoms with Crippen LogP contribution in [0, 0.1) is 0 Å². The van der Waals surface area contributed by atoms with Crippen LogP contribution in [0.15, 0.2) is 24.3 Å². The van der Waals surface area contributed by atoms with Crippen LogP contribution in [0.5, 0.6) is 5.75 Å². The average molecular weight is 274 g/mol. The van der Waals surface area contributed by atoms with Crippen molar-refractivity contribution in [3.8, 4) is 5.75 Å². The lowest BCUT2D eigenvalue weighted by atomic mass is 10.2. The van der Waals surface area contributed by atoms with Gasteiger partial charge in [0.1, 0.15) is 12.4 Å². The van der Waals surface area contributed by atoms with Crippen molar-refractivity contribution >= 4 is 18.4 Å². The SMILES string of the molecule is COc1cccc(C(=O)OCC(C)N(C)C)c1.Cl. The number of carbonyl (C=O) groups is 1. The smallest absolute Gasteiger partial charge is 0.338 e. The molecule has 0 bridgehead atoms. The fourth-order valence-corrected chi connectivity index (χ4v) is 1.18. The molecule has 1 atom stereocenters. The maximum absolute atomic E-state index is 11.7. The van der Waals surface area contributed by atoms with Gasteiger partial charge in [0.05, 0.1) is 12.7 Å². The molecule has 0 radical (unpaired) electrons. The molecule has 18 heavy (non-hydrogen) atoms. The van der Waals surface area contributed by atoms with Gasteiger partial charge in [0.2, 0.25) is 0 Å². The highest BCUT2D eigenvalue weighted by atomic mass is 35.5. The number of hydrogen-bond donors (Lipinski definition) is 0. The Labute approximate surface area is 114 Å². The molecule has 0 aliphatic heterocycles. The van der Waals surface area contributed by atoms with E-state index in [9.17, 15) is 4.79 Å². The first-order valence-electron chi connectivity index (χ1n) is 5.52. The molecule has 0 fully saturated rings. The number of methoxy groups -OCH3 is 1. The molecule has 0 aromatic heterocycles. The predicted molar refractivity (Wildman–Crippen MR) is 73.7 cm³/mol. The zero-order chi connectivity index (χ0) is 12.8. The minimum atomic E-state index is -0.322. The molecule has 4 nitrogen and oxygen atoms in total. The first-order chi connectivity index (χ1) is 8.04. The highest BCUT2D eigenvalue weighted by Crippen LogP contribution is 2.13. The van der Waals surface area contributed by atoms with E-state index in [1.807, 2.05) is 25.9 Å². The third kappa shape index (κ3) is 4.94. The molecular weight excluding hydrogens is 254 g/mol. The fraction of sp³-hybridized carbons (Fsp3) is 0.462. The van der Waals surface area contributed by atoms with E-state index in [4.69, 9.17) is 9.47 Å². The summed E-state index contributed by atoms with van der Waals surface area (Å²) in [5, 5.41) is 0. The van der Waals surface area contributed by atoms with Crippen molar-refractivity contribution in [2.24, 2.45) is 0 Å². The van der Waals surface area contributed by atoms with E-state index in [2.05, 4.69) is 0 Å². The highest BCUT2D eigenvalue weighted by molar-refractivity contribution is 5.89. The van der Waals surface area contributed by atoms with Crippen LogP contribution in [0.4, 0.5) is 0 Å². The Morgan fingerprint density at radius 1 is 1.39 bits per heavy atom. The van der Waals surface area contributed by atoms with Crippen LogP contribution < -0.4 is 4.74 Å². The van der Waals surface area contributed by atoms with Crippen molar-refractivity contribution in [1.82, 2.24) is 4.90 Å². The van der Waals surface area contributed by atoms with Gasteiger partial charge in [-0.1, -0.05) is 6.07 Å². The van der Waals surface area contributed by atoms with Crippen molar-refractivity contribution in [3.63, 3.8) is 0 Å². The lowest BCUT2D eigenvalue weighted by Gasteiger charge is -2.19. The van der Waals surface area contributed by atoms with Crippen LogP contribution in [-0.4, -0.2) is 44.7 Å². The molecular formula is C13H20ClNO3. The van der Waals surface area contributed by atoms with Gasteiger partial charge in [-0.25, -0.2) is 4.79 Å². The third-order valence-corrected chi connectivity index (χ3v) is 2.64. The van der Waals surface area contributed by atoms with Crippen molar-refractivity contribution in [3.05, 3.63) is 29.8 Å². The second-order valence-electron chi connectivity index (χ2n) is 4.14. The Bertz CT molecular complexity index is 382. The van der Waals surface area contributed by atoms with E-state index in [1.54, 1.807) is 31.4 Å². The number of ether oxygens (including phenoxy) is 2. The van der Waals surface area contributed by atoms with Gasteiger partial charge in [-0.2, -0.15) is 0 Å². The van der Waals surface area contributed by atoms with E-state index >= 15 is 0 Å². The van der Waals surface area contributed by atoms with Gasteiger partial charge in [0.25, 0.3) is 0 Å². The van der Waals surface area contributed by atoms with Crippen LogP contribution in [0.3, 0.4) is 0 Å². The largest absolute Gasteiger partial charge is 0.497 e. The number of likely N-dealkylation sites (N-methyl/N-ethyl adjacent to an activating group) is 1. The monoisotopic (exact) mass is 273 g/mol. The Morgan fingerprint density at radius 3 is 2.61 bits per heavy atom. The first kappa shape index (κ1) is 16.7. The third-order valence-electron chi connectivity index (χ3n) is 2.64. The van der Waals surface area contributed by atoms with Crippen LogP contribution in [-0.2, 0) is 4.74 Å². The van der Waals surface area contributed by atoms with Gasteiger partial charge in [-0.3, -0.25) is 0 Å². The molecule has 1 aromatic carbocycles. The zero-order valence-electron chi connectivity index (χ0n) is 11.2. The lowest BCUT2D eigenvalue weighted by Crippen LogP contribution is -2.30. The molecule has 0 spiro atoms. The van der Waals surface area contributed by atoms with Crippen molar-refractivity contribution < 1.29 is 14.3 Å². The Balaban J connectivity index is 0.00000289. The van der Waals surface area contributed by atoms with Crippen molar-refractivity contribution in [2.75, 3.05) is 27.8 Å². The van der Waals surface area contributed by atoms with E-state index in [0.29, 0.717) is 17.9 Å². The summed E-state index contributed by atoms with van der Waals surface area (Å²) in [6.45, 7) is 2.38. The Kier molecular flexibility index (Phi) is 7.39. The van der Waals surface area contributed by atoms with Crippen LogP contribution in [0.1, 0.15) is 17.3 Å². The van der Waals surface area contributed by atoms with E-state index in [0.717, 1.165) is 0 Å². The predicted octanol–water partition coefficient (Wildman–Crippen LogP) is 2.22. The number of hydrogen-bond acceptors (Lipinski definition) is 4. The summed E-state index contributed by atoms with van der Waals surface area (Å²) in [5.74, 6) is 0.331. The van der Waals surface area contributed by atoms with Crippen LogP contribution >= 0.6 is 12.4 Å². The molecule has 5 heteroatoms. The number of halogens is 1. The van der Waals surface area contributed by atoms with Crippen molar-refractivity contribution in [1.29, 1.82) is 0 Å². The number of benzene rings is 1. The number of esters is 1. The van der Waals surface area contributed by atoms with Crippen LogP contribution in [0.25, 0.3) is 0 Å². The number of nitrogens with zero attached hydrogens (tertiary/aromatic N) is 1. The molecule has 0 aliphatic carbocycles. The average Bonchev–Trinajstić information content (AvgIpc) is 2.35. The zero-order valence-corrected chi connectivity index (χ0v) is 12.0. The molecule has 1 rings (SSSR count). The van der Waals surface area contributed by atoms with Gasteiger partial charge in [-0.15, -0.1) is 12.4 Å². The molecule has 0 aliphatic rings. The minimum Gasteiger partial charge on any atom is -0.497 e. The summed E-state index contributed by atoms with van der Waals surface area (Å²) in [6, 6.07) is 7.14. The maximum atomic E-state index is 11.7. The topological polar surface area (TPSA) is 38.8 Å². The summed E-state index contributed by atoms with van der Waals surface area (Å²) in [4.78, 5) is 13.7. The second-order valence-corrected chi connectivity index (χ2v) is 4.14. The summed E-state index contributed by atoms with van der Waals surface area (Å²) in [7, 11) is 5.46. The Morgan fingerprint density at radius 2 is 2.06 bits per heavy atom. The van der Waals surface area contributed by atoms with Crippen LogP contribution in [0.2, 0.25) is 0 Å². The van der Waals surface area contributed by atoms with Gasteiger partial charge in [-0.05, 0) is 39.2 Å². The number of carbonyl (C=O) groups excluding carboxylic acids is 1. The summed E-state index contributed by atoms with van der Waals surface area (Å²) < 4.78 is 10.3. The van der Waals surface area contributed by atoms with E-state index in [1.165, 1.54) is 0 Å². The molecule has 102 valence electrons. The standard InChI is InChI=1S/C13H19NO3.ClH/c1-10(14(2)3)9-17-13(15)11-6-5-7-12(8-11)16-4;/h5-8,10H,9H2,1-4H3;1H. The number of rotatable bonds is 5. The van der Waals surface area contributed by atoms with Crippen molar-refractivity contribution in [2.45, 2.75) is 13.0 Å². The van der Waals surface area contributed by atoms with E-state index < -0.39 is 0 Å². The van der Waals surface area contributed by atoms with Gasteiger partial charge >= 0.3 is 5.97 Å². The quantitative estimate of drug-likeness (QED) is 0.771. The molecule has 1 unspecified atom stereocenters. The second kappa shape index (κ2) is 7.95. The fourth-order valence-electron chi connectivity index (χ4n) is 1.18. The summed E-state index contributed by atoms with van der Waals surface area (Å²) in [6.07, 6.45) is 0.